The minimum Gasteiger partial charge on any atom is -0.447 e. The molecular formula is C11H10N4O4. The minimum atomic E-state index is -0.545. The van der Waals surface area contributed by atoms with Gasteiger partial charge in [0.15, 0.2) is 11.4 Å². The summed E-state index contributed by atoms with van der Waals surface area (Å²) in [6.45, 7) is 0. The van der Waals surface area contributed by atoms with Crippen molar-refractivity contribution in [2.45, 2.75) is 0 Å². The van der Waals surface area contributed by atoms with Crippen molar-refractivity contribution in [2.75, 3.05) is 5.32 Å². The van der Waals surface area contributed by atoms with Crippen molar-refractivity contribution in [2.24, 2.45) is 14.1 Å². The lowest BCUT2D eigenvalue weighted by Crippen LogP contribution is -2.32. The number of aromatic nitrogens is 3. The topological polar surface area (TPSA) is 98.1 Å². The average molecular weight is 262 g/mol. The van der Waals surface area contributed by atoms with E-state index in [1.54, 1.807) is 7.05 Å². The Balaban J connectivity index is 2.28. The highest BCUT2D eigenvalue weighted by atomic mass is 16.5. The van der Waals surface area contributed by atoms with Gasteiger partial charge in [0.05, 0.1) is 5.69 Å². The van der Waals surface area contributed by atoms with Crippen molar-refractivity contribution in [3.05, 3.63) is 43.3 Å². The first-order valence-electron chi connectivity index (χ1n) is 5.46. The zero-order valence-corrected chi connectivity index (χ0v) is 10.2. The summed E-state index contributed by atoms with van der Waals surface area (Å²) in [5.74, 6) is 0.0817. The van der Waals surface area contributed by atoms with E-state index in [9.17, 15) is 14.4 Å². The maximum atomic E-state index is 11.9. The van der Waals surface area contributed by atoms with E-state index in [0.29, 0.717) is 5.69 Å². The van der Waals surface area contributed by atoms with Crippen LogP contribution < -0.4 is 26.7 Å². The summed E-state index contributed by atoms with van der Waals surface area (Å²) >= 11 is 0. The molecule has 1 aliphatic rings. The van der Waals surface area contributed by atoms with Crippen LogP contribution in [-0.2, 0) is 14.1 Å². The number of aromatic amines is 1. The predicted octanol–water partition coefficient (Wildman–Crippen LogP) is -0.378. The number of ether oxygens (including phenoxy) is 1. The fourth-order valence-electron chi connectivity index (χ4n) is 1.88. The third kappa shape index (κ3) is 1.57. The Kier molecular flexibility index (Phi) is 2.15. The molecule has 19 heavy (non-hydrogen) atoms. The van der Waals surface area contributed by atoms with Gasteiger partial charge in [-0.05, 0) is 0 Å². The molecule has 2 aromatic rings. The van der Waals surface area contributed by atoms with Crippen molar-refractivity contribution >= 4 is 11.4 Å². The van der Waals surface area contributed by atoms with Gasteiger partial charge >= 0.3 is 5.56 Å². The number of nitrogens with zero attached hydrogens (tertiary/aromatic N) is 2. The molecule has 0 atom stereocenters. The van der Waals surface area contributed by atoms with E-state index < -0.39 is 11.1 Å². The fourth-order valence-corrected chi connectivity index (χ4v) is 1.88. The van der Waals surface area contributed by atoms with Crippen molar-refractivity contribution < 1.29 is 4.74 Å². The van der Waals surface area contributed by atoms with Gasteiger partial charge in [0.1, 0.15) is 0 Å². The van der Waals surface area contributed by atoms with Gasteiger partial charge in [-0.15, -0.1) is 0 Å². The number of nitrogens with one attached hydrogen (secondary N) is 2. The van der Waals surface area contributed by atoms with E-state index in [0.717, 1.165) is 4.68 Å². The van der Waals surface area contributed by atoms with Gasteiger partial charge in [0.25, 0.3) is 11.1 Å². The lowest BCUT2D eigenvalue weighted by Gasteiger charge is -2.20. The van der Waals surface area contributed by atoms with Crippen molar-refractivity contribution in [1.29, 1.82) is 0 Å². The maximum Gasteiger partial charge on any atom is 0.308 e. The zero-order chi connectivity index (χ0) is 13.7. The smallest absolute Gasteiger partial charge is 0.308 e. The molecule has 0 spiro atoms. The summed E-state index contributed by atoms with van der Waals surface area (Å²) in [4.78, 5) is 35.2. The second-order valence-electron chi connectivity index (χ2n) is 4.24. The molecule has 0 bridgehead atoms. The van der Waals surface area contributed by atoms with Gasteiger partial charge in [-0.3, -0.25) is 24.2 Å². The van der Waals surface area contributed by atoms with Crippen LogP contribution in [0.5, 0.6) is 11.5 Å². The van der Waals surface area contributed by atoms with Crippen molar-refractivity contribution in [3.8, 4) is 11.5 Å². The highest BCUT2D eigenvalue weighted by Crippen LogP contribution is 2.36. The third-order valence-corrected chi connectivity index (χ3v) is 2.88. The molecule has 3 rings (SSSR count). The van der Waals surface area contributed by atoms with Crippen LogP contribution in [0, 0.1) is 0 Å². The summed E-state index contributed by atoms with van der Waals surface area (Å²) in [5, 5.41) is 5.14. The number of anilines is 2. The number of fused-ring (bicyclic) bond motifs is 2. The van der Waals surface area contributed by atoms with Gasteiger partial charge in [-0.1, -0.05) is 0 Å². The minimum absolute atomic E-state index is 0.0531. The van der Waals surface area contributed by atoms with Crippen LogP contribution in [0.2, 0.25) is 0 Å². The standard InChI is InChI=1S/C11H10N4O4/c1-14-4-5-6(3-7(14)16)19-9-8(12-5)11(18)15(2)13-10(9)17/h3-4,12H,1-2H3,(H,13,17). The fraction of sp³-hybridized carbons (Fsp3) is 0.182. The monoisotopic (exact) mass is 262 g/mol. The van der Waals surface area contributed by atoms with Crippen molar-refractivity contribution in [3.63, 3.8) is 0 Å². The summed E-state index contributed by atoms with van der Waals surface area (Å²) in [5.41, 5.74) is -0.732. The SMILES string of the molecule is Cn1cc2c(cc1=O)Oc1c(c(=O)n(C)[nH]c1=O)N2. The van der Waals surface area contributed by atoms with Gasteiger partial charge in [-0.25, -0.2) is 0 Å². The third-order valence-electron chi connectivity index (χ3n) is 2.88. The molecule has 0 radical (unpaired) electrons. The molecule has 1 aliphatic heterocycles. The molecule has 2 N–H and O–H groups in total. The molecule has 0 saturated heterocycles. The molecule has 0 aliphatic carbocycles. The number of hydrogen-bond acceptors (Lipinski definition) is 5. The number of aryl methyl sites for hydroxylation is 2. The first-order valence-corrected chi connectivity index (χ1v) is 5.46. The summed E-state index contributed by atoms with van der Waals surface area (Å²) < 4.78 is 7.75. The molecule has 8 nitrogen and oxygen atoms in total. The molecule has 0 fully saturated rings. The normalized spacial score (nSPS) is 12.1. The highest BCUT2D eigenvalue weighted by molar-refractivity contribution is 5.73. The van der Waals surface area contributed by atoms with Gasteiger partial charge < -0.3 is 14.6 Å². The molecule has 0 unspecified atom stereocenters. The lowest BCUT2D eigenvalue weighted by atomic mass is 10.3. The predicted molar refractivity (Wildman–Crippen MR) is 67.3 cm³/mol. The molecule has 8 heteroatoms. The Bertz CT molecular complexity index is 858. The Labute approximate surface area is 105 Å². The summed E-state index contributed by atoms with van der Waals surface area (Å²) in [6.07, 6.45) is 1.50. The number of hydrogen-bond donors (Lipinski definition) is 2. The summed E-state index contributed by atoms with van der Waals surface area (Å²) in [6, 6.07) is 1.25. The van der Waals surface area contributed by atoms with Crippen LogP contribution in [0.25, 0.3) is 0 Å². The highest BCUT2D eigenvalue weighted by Gasteiger charge is 2.24. The second-order valence-corrected chi connectivity index (χ2v) is 4.24. The molecule has 2 aromatic heterocycles. The Morgan fingerprint density at radius 3 is 2.68 bits per heavy atom. The first-order chi connectivity index (χ1) is 8.97. The number of rotatable bonds is 0. The Morgan fingerprint density at radius 2 is 1.95 bits per heavy atom. The van der Waals surface area contributed by atoms with Crippen LogP contribution in [0.3, 0.4) is 0 Å². The Morgan fingerprint density at radius 1 is 1.21 bits per heavy atom. The zero-order valence-electron chi connectivity index (χ0n) is 10.2. The van der Waals surface area contributed by atoms with E-state index in [1.807, 2.05) is 0 Å². The molecule has 98 valence electrons. The van der Waals surface area contributed by atoms with Gasteiger partial charge in [0.2, 0.25) is 5.75 Å². The van der Waals surface area contributed by atoms with Crippen molar-refractivity contribution in [1.82, 2.24) is 14.3 Å². The van der Waals surface area contributed by atoms with Crippen LogP contribution in [0.15, 0.2) is 26.6 Å². The number of pyridine rings is 1. The van der Waals surface area contributed by atoms with E-state index in [2.05, 4.69) is 10.4 Å². The van der Waals surface area contributed by atoms with Gasteiger partial charge in [0, 0.05) is 26.4 Å². The average Bonchev–Trinajstić information content (AvgIpc) is 2.36. The molecular weight excluding hydrogens is 252 g/mol. The maximum absolute atomic E-state index is 11.9. The first kappa shape index (κ1) is 11.3. The molecule has 0 saturated carbocycles. The van der Waals surface area contributed by atoms with E-state index in [1.165, 1.54) is 23.9 Å². The van der Waals surface area contributed by atoms with E-state index >= 15 is 0 Å². The van der Waals surface area contributed by atoms with Crippen LogP contribution in [-0.4, -0.2) is 14.3 Å². The quantitative estimate of drug-likeness (QED) is 0.575. The van der Waals surface area contributed by atoms with Crippen LogP contribution in [0.4, 0.5) is 11.4 Å². The summed E-state index contributed by atoms with van der Waals surface area (Å²) in [7, 11) is 3.01. The number of H-pyrrole nitrogens is 1. The molecule has 0 amide bonds. The largest absolute Gasteiger partial charge is 0.447 e. The lowest BCUT2D eigenvalue weighted by molar-refractivity contribution is 0.461. The van der Waals surface area contributed by atoms with Crippen LogP contribution >= 0.6 is 0 Å². The molecule has 3 heterocycles. The van der Waals surface area contributed by atoms with E-state index in [-0.39, 0.29) is 22.7 Å². The van der Waals surface area contributed by atoms with Crippen LogP contribution in [0.1, 0.15) is 0 Å². The van der Waals surface area contributed by atoms with Gasteiger partial charge in [-0.2, -0.15) is 0 Å². The van der Waals surface area contributed by atoms with E-state index in [4.69, 9.17) is 4.74 Å². The Hall–Kier alpha value is -2.77. The molecule has 0 aromatic carbocycles. The second kappa shape index (κ2) is 3.61.